The average molecular weight is 333 g/mol. The molecule has 0 aliphatic heterocycles. The van der Waals surface area contributed by atoms with Crippen molar-refractivity contribution in [1.29, 1.82) is 0 Å². The van der Waals surface area contributed by atoms with Crippen LogP contribution in [0.1, 0.15) is 0 Å². The molecule has 0 spiro atoms. The van der Waals surface area contributed by atoms with Crippen LogP contribution in [0.4, 0.5) is 13.2 Å². The standard InChI is InChI=1S/CHF3NO5S2.Li.H3O4P/c2-1(3,4)12(8,9)5-10-11(6)7;;1-5(2,3)4/h5H;;(H3,1,2,3,4)/q-1;+1;. The zero-order valence-corrected chi connectivity index (χ0v) is 10.7. The van der Waals surface area contributed by atoms with Crippen LogP contribution in [0, 0.1) is 0 Å². The summed E-state index contributed by atoms with van der Waals surface area (Å²) in [6.07, 6.45) is 0. The summed E-state index contributed by atoms with van der Waals surface area (Å²) >= 11 is 0. The van der Waals surface area contributed by atoms with Crippen molar-refractivity contribution in [3.63, 3.8) is 0 Å². The quantitative estimate of drug-likeness (QED) is 0.173. The van der Waals surface area contributed by atoms with E-state index >= 15 is 0 Å². The Hall–Kier alpha value is 0.317. The molecule has 106 valence electrons. The van der Waals surface area contributed by atoms with Crippen molar-refractivity contribution in [1.82, 2.24) is 4.89 Å². The van der Waals surface area contributed by atoms with E-state index in [-0.39, 0.29) is 18.9 Å². The molecule has 0 unspecified atom stereocenters. The van der Waals surface area contributed by atoms with Gasteiger partial charge in [0, 0.05) is 0 Å². The summed E-state index contributed by atoms with van der Waals surface area (Å²) in [5.74, 6) is 0. The fourth-order valence-electron chi connectivity index (χ4n) is 0.120. The van der Waals surface area contributed by atoms with Gasteiger partial charge in [-0.15, -0.1) is 4.89 Å². The summed E-state index contributed by atoms with van der Waals surface area (Å²) in [6.45, 7) is 0. The smallest absolute Gasteiger partial charge is 0.395 e. The number of rotatable bonds is 3. The van der Waals surface area contributed by atoms with Crippen LogP contribution in [0.3, 0.4) is 0 Å². The molecular formula is CH4F3LiNO9PS2. The van der Waals surface area contributed by atoms with Crippen molar-refractivity contribution in [2.45, 2.75) is 5.51 Å². The van der Waals surface area contributed by atoms with Gasteiger partial charge in [-0.1, -0.05) is 0 Å². The molecule has 17 heteroatoms. The number of sulfonamides is 1. The third kappa shape index (κ3) is 16.3. The van der Waals surface area contributed by atoms with Crippen LogP contribution in [0.5, 0.6) is 0 Å². The molecule has 0 aliphatic carbocycles. The molecule has 4 N–H and O–H groups in total. The predicted molar refractivity (Wildman–Crippen MR) is 42.2 cm³/mol. The Kier molecular flexibility index (Phi) is 11.0. The molecule has 0 fully saturated rings. The van der Waals surface area contributed by atoms with Crippen LogP contribution in [-0.2, 0) is 38.3 Å². The third-order valence-corrected chi connectivity index (χ3v) is 1.75. The Labute approximate surface area is 112 Å². The van der Waals surface area contributed by atoms with Gasteiger partial charge >= 0.3 is 42.2 Å². The van der Waals surface area contributed by atoms with Gasteiger partial charge in [-0.25, -0.2) is 13.0 Å². The van der Waals surface area contributed by atoms with E-state index in [9.17, 15) is 30.0 Å². The molecule has 10 nitrogen and oxygen atoms in total. The Bertz CT molecular complexity index is 433. The normalized spacial score (nSPS) is 12.4. The molecule has 0 rings (SSSR count). The van der Waals surface area contributed by atoms with Crippen LogP contribution in [0.15, 0.2) is 0 Å². The zero-order valence-electron chi connectivity index (χ0n) is 8.19. The third-order valence-electron chi connectivity index (χ3n) is 0.516. The molecular weight excluding hydrogens is 329 g/mol. The van der Waals surface area contributed by atoms with Gasteiger partial charge in [-0.05, 0) is 0 Å². The maximum absolute atomic E-state index is 11.4. The van der Waals surface area contributed by atoms with Crippen LogP contribution < -0.4 is 23.7 Å². The maximum Gasteiger partial charge on any atom is 1.00 e. The Morgan fingerprint density at radius 2 is 1.44 bits per heavy atom. The molecule has 0 amide bonds. The van der Waals surface area contributed by atoms with Crippen LogP contribution in [-0.4, -0.2) is 28.6 Å². The van der Waals surface area contributed by atoms with E-state index in [1.165, 1.54) is 0 Å². The zero-order chi connectivity index (χ0) is 14.5. The van der Waals surface area contributed by atoms with Gasteiger partial charge in [-0.3, -0.25) is 0 Å². The number of hydrogen-bond acceptors (Lipinski definition) is 7. The molecule has 0 aromatic heterocycles. The van der Waals surface area contributed by atoms with E-state index < -0.39 is 34.3 Å². The molecule has 18 heavy (non-hydrogen) atoms. The first-order valence-corrected chi connectivity index (χ1v) is 6.84. The number of phosphoric acid groups is 1. The summed E-state index contributed by atoms with van der Waals surface area (Å²) in [6, 6.07) is 0. The van der Waals surface area contributed by atoms with Crippen molar-refractivity contribution in [3.8, 4) is 0 Å². The summed E-state index contributed by atoms with van der Waals surface area (Å²) in [7, 11) is -13.8. The van der Waals surface area contributed by atoms with Crippen molar-refractivity contribution < 1.29 is 72.4 Å². The van der Waals surface area contributed by atoms with Gasteiger partial charge in [-0.2, -0.15) is 13.2 Å². The van der Waals surface area contributed by atoms with Gasteiger partial charge in [0.25, 0.3) is 0 Å². The first-order chi connectivity index (χ1) is 7.17. The van der Waals surface area contributed by atoms with E-state index in [0.717, 1.165) is 0 Å². The van der Waals surface area contributed by atoms with Crippen LogP contribution in [0.2, 0.25) is 0 Å². The first kappa shape index (κ1) is 23.4. The average Bonchev–Trinajstić information content (AvgIpc) is 1.95. The number of alkyl halides is 3. The summed E-state index contributed by atoms with van der Waals surface area (Å²) < 4.78 is 84.7. The minimum absolute atomic E-state index is 0. The SMILES string of the molecule is O=P(O)(O)O.O=[S-](=O)ONS(=O)(=O)C(F)(F)F.[Li+]. The summed E-state index contributed by atoms with van der Waals surface area (Å²) in [4.78, 5) is 21.9. The second-order valence-corrected chi connectivity index (χ2v) is 5.07. The van der Waals surface area contributed by atoms with Crippen LogP contribution in [0.25, 0.3) is 0 Å². The molecule has 0 aromatic rings. The van der Waals surface area contributed by atoms with Crippen molar-refractivity contribution in [2.24, 2.45) is 0 Å². The molecule has 0 aromatic carbocycles. The van der Waals surface area contributed by atoms with Crippen molar-refractivity contribution >= 4 is 28.8 Å². The van der Waals surface area contributed by atoms with E-state index in [0.29, 0.717) is 4.89 Å². The van der Waals surface area contributed by atoms with E-state index in [1.807, 2.05) is 0 Å². The van der Waals surface area contributed by atoms with Gasteiger partial charge in [0.15, 0.2) is 0 Å². The Morgan fingerprint density at radius 1 is 1.17 bits per heavy atom. The fraction of sp³-hybridized carbons (Fsp3) is 1.00. The van der Waals surface area contributed by atoms with Crippen molar-refractivity contribution in [2.75, 3.05) is 0 Å². The number of halogens is 3. The minimum Gasteiger partial charge on any atom is -0.395 e. The predicted octanol–water partition coefficient (Wildman–Crippen LogP) is -4.34. The molecule has 0 saturated carbocycles. The minimum atomic E-state index is -5.76. The summed E-state index contributed by atoms with van der Waals surface area (Å²) in [5, 5.41) is 0. The van der Waals surface area contributed by atoms with E-state index in [4.69, 9.17) is 19.2 Å². The number of nitrogens with one attached hydrogen (secondary N) is 1. The van der Waals surface area contributed by atoms with Gasteiger partial charge in [0.1, 0.15) is 0 Å². The van der Waals surface area contributed by atoms with Crippen LogP contribution >= 0.6 is 7.82 Å². The topological polar surface area (TPSA) is 167 Å². The fourth-order valence-corrected chi connectivity index (χ4v) is 0.795. The second kappa shape index (κ2) is 8.48. The molecule has 0 atom stereocenters. The van der Waals surface area contributed by atoms with Crippen molar-refractivity contribution in [3.05, 3.63) is 0 Å². The Balaban J connectivity index is -0.000000321. The molecule has 0 saturated heterocycles. The first-order valence-electron chi connectivity index (χ1n) is 2.80. The molecule has 0 bridgehead atoms. The van der Waals surface area contributed by atoms with Gasteiger partial charge < -0.3 is 27.4 Å². The van der Waals surface area contributed by atoms with E-state index in [1.54, 1.807) is 0 Å². The van der Waals surface area contributed by atoms with E-state index in [2.05, 4.69) is 4.28 Å². The molecule has 0 radical (unpaired) electrons. The number of hydrogen-bond donors (Lipinski definition) is 4. The van der Waals surface area contributed by atoms with Gasteiger partial charge in [0.05, 0.1) is 11.0 Å². The van der Waals surface area contributed by atoms with Gasteiger partial charge in [0.2, 0.25) is 0 Å². The Morgan fingerprint density at radius 3 is 1.61 bits per heavy atom. The maximum atomic E-state index is 11.4. The second-order valence-electron chi connectivity index (χ2n) is 1.83. The molecule has 0 aliphatic rings. The molecule has 0 heterocycles. The summed E-state index contributed by atoms with van der Waals surface area (Å²) in [5.41, 5.74) is -5.60. The monoisotopic (exact) mass is 333 g/mol. The largest absolute Gasteiger partial charge is 1.00 e.